The number of nitrogens with one attached hydrogen (secondary N) is 1. The first-order valence-electron chi connectivity index (χ1n) is 8.51. The van der Waals surface area contributed by atoms with E-state index in [0.717, 1.165) is 18.6 Å². The average molecular weight is 339 g/mol. The molecule has 7 heteroatoms. The van der Waals surface area contributed by atoms with Gasteiger partial charge in [-0.05, 0) is 37.5 Å². The van der Waals surface area contributed by atoms with E-state index in [-0.39, 0.29) is 11.6 Å². The summed E-state index contributed by atoms with van der Waals surface area (Å²) in [5, 5.41) is 11.6. The van der Waals surface area contributed by atoms with Crippen LogP contribution in [-0.4, -0.2) is 25.3 Å². The Labute approximate surface area is 145 Å². The van der Waals surface area contributed by atoms with Gasteiger partial charge in [0.2, 0.25) is 5.65 Å². The van der Waals surface area contributed by atoms with Gasteiger partial charge in [0.1, 0.15) is 5.75 Å². The Hall–Kier alpha value is -2.67. The standard InChI is InChI=1S/C18H21N5O2/c1-12(13-3-5-14(6-4-13)25-15-7-8-15)19-11-16-20-21-17-18(24)22(2)9-10-23(16)17/h3-6,9-10,12,15,19H,7-8,11H2,1-2H3. The van der Waals surface area contributed by atoms with Gasteiger partial charge >= 0.3 is 0 Å². The molecule has 130 valence electrons. The largest absolute Gasteiger partial charge is 0.490 e. The number of hydrogen-bond acceptors (Lipinski definition) is 5. The molecule has 0 bridgehead atoms. The van der Waals surface area contributed by atoms with Crippen LogP contribution in [0.15, 0.2) is 41.5 Å². The van der Waals surface area contributed by atoms with Crippen molar-refractivity contribution in [3.8, 4) is 5.75 Å². The van der Waals surface area contributed by atoms with E-state index in [1.165, 1.54) is 10.1 Å². The highest BCUT2D eigenvalue weighted by Crippen LogP contribution is 2.27. The van der Waals surface area contributed by atoms with Crippen molar-refractivity contribution in [3.63, 3.8) is 0 Å². The Balaban J connectivity index is 1.43. The molecule has 0 amide bonds. The molecule has 1 aliphatic carbocycles. The summed E-state index contributed by atoms with van der Waals surface area (Å²) in [4.78, 5) is 12.0. The Morgan fingerprint density at radius 2 is 2.00 bits per heavy atom. The topological polar surface area (TPSA) is 73.5 Å². The van der Waals surface area contributed by atoms with E-state index in [9.17, 15) is 4.79 Å². The second-order valence-electron chi connectivity index (χ2n) is 6.51. The van der Waals surface area contributed by atoms with Crippen LogP contribution in [0.3, 0.4) is 0 Å². The second kappa shape index (κ2) is 6.33. The van der Waals surface area contributed by atoms with Gasteiger partial charge in [-0.2, -0.15) is 0 Å². The van der Waals surface area contributed by atoms with Gasteiger partial charge < -0.3 is 14.6 Å². The third kappa shape index (κ3) is 3.28. The monoisotopic (exact) mass is 339 g/mol. The first kappa shape index (κ1) is 15.8. The predicted molar refractivity (Wildman–Crippen MR) is 93.6 cm³/mol. The van der Waals surface area contributed by atoms with Gasteiger partial charge in [0.25, 0.3) is 5.56 Å². The van der Waals surface area contributed by atoms with E-state index in [1.54, 1.807) is 17.6 Å². The highest BCUT2D eigenvalue weighted by molar-refractivity contribution is 5.34. The number of benzene rings is 1. The maximum Gasteiger partial charge on any atom is 0.295 e. The van der Waals surface area contributed by atoms with E-state index in [0.29, 0.717) is 24.1 Å². The molecule has 1 aromatic carbocycles. The lowest BCUT2D eigenvalue weighted by Gasteiger charge is -2.14. The summed E-state index contributed by atoms with van der Waals surface area (Å²) >= 11 is 0. The zero-order valence-electron chi connectivity index (χ0n) is 14.3. The number of aromatic nitrogens is 4. The summed E-state index contributed by atoms with van der Waals surface area (Å²) < 4.78 is 9.00. The first-order valence-corrected chi connectivity index (χ1v) is 8.51. The van der Waals surface area contributed by atoms with Gasteiger partial charge in [-0.15, -0.1) is 10.2 Å². The van der Waals surface area contributed by atoms with E-state index in [2.05, 4.69) is 34.6 Å². The van der Waals surface area contributed by atoms with Crippen molar-refractivity contribution in [2.24, 2.45) is 7.05 Å². The number of nitrogens with zero attached hydrogens (tertiary/aromatic N) is 4. The maximum absolute atomic E-state index is 12.0. The Kier molecular flexibility index (Phi) is 4.01. The van der Waals surface area contributed by atoms with Crippen molar-refractivity contribution >= 4 is 5.65 Å². The molecule has 0 spiro atoms. The zero-order chi connectivity index (χ0) is 17.4. The van der Waals surface area contributed by atoms with Crippen LogP contribution in [0.4, 0.5) is 0 Å². The molecule has 1 N–H and O–H groups in total. The van der Waals surface area contributed by atoms with E-state index in [1.807, 2.05) is 18.3 Å². The van der Waals surface area contributed by atoms with E-state index >= 15 is 0 Å². The van der Waals surface area contributed by atoms with Crippen LogP contribution in [0, 0.1) is 0 Å². The molecule has 1 atom stereocenters. The minimum atomic E-state index is -0.152. The lowest BCUT2D eigenvalue weighted by atomic mass is 10.1. The van der Waals surface area contributed by atoms with Gasteiger partial charge in [0.15, 0.2) is 5.82 Å². The molecule has 1 unspecified atom stereocenters. The van der Waals surface area contributed by atoms with E-state index in [4.69, 9.17) is 4.74 Å². The molecule has 1 aliphatic rings. The lowest BCUT2D eigenvalue weighted by Crippen LogP contribution is -2.21. The highest BCUT2D eigenvalue weighted by Gasteiger charge is 2.23. The summed E-state index contributed by atoms with van der Waals surface area (Å²) in [6.07, 6.45) is 6.26. The molecule has 1 saturated carbocycles. The van der Waals surface area contributed by atoms with Gasteiger partial charge in [-0.25, -0.2) is 0 Å². The summed E-state index contributed by atoms with van der Waals surface area (Å²) in [5.74, 6) is 1.64. The number of hydrogen-bond donors (Lipinski definition) is 1. The SMILES string of the molecule is CC(NCc1nnc2c(=O)n(C)ccn12)c1ccc(OC2CC2)cc1. The van der Waals surface area contributed by atoms with Crippen molar-refractivity contribution in [1.29, 1.82) is 0 Å². The fraction of sp³-hybridized carbons (Fsp3) is 0.389. The van der Waals surface area contributed by atoms with Crippen molar-refractivity contribution in [1.82, 2.24) is 24.5 Å². The zero-order valence-corrected chi connectivity index (χ0v) is 14.3. The molecule has 4 rings (SSSR count). The summed E-state index contributed by atoms with van der Waals surface area (Å²) in [7, 11) is 1.70. The normalized spacial score (nSPS) is 15.4. The van der Waals surface area contributed by atoms with Crippen LogP contribution in [0.5, 0.6) is 5.75 Å². The smallest absolute Gasteiger partial charge is 0.295 e. The van der Waals surface area contributed by atoms with Gasteiger partial charge in [-0.1, -0.05) is 12.1 Å². The summed E-state index contributed by atoms with van der Waals surface area (Å²) in [6.45, 7) is 2.62. The summed E-state index contributed by atoms with van der Waals surface area (Å²) in [5.41, 5.74) is 1.37. The number of aryl methyl sites for hydroxylation is 1. The van der Waals surface area contributed by atoms with Gasteiger partial charge in [-0.3, -0.25) is 9.20 Å². The molecule has 2 aromatic heterocycles. The van der Waals surface area contributed by atoms with Crippen LogP contribution in [-0.2, 0) is 13.6 Å². The van der Waals surface area contributed by atoms with E-state index < -0.39 is 0 Å². The fourth-order valence-corrected chi connectivity index (χ4v) is 2.71. The average Bonchev–Trinajstić information content (AvgIpc) is 3.34. The number of fused-ring (bicyclic) bond motifs is 1. The Morgan fingerprint density at radius 3 is 2.72 bits per heavy atom. The van der Waals surface area contributed by atoms with Crippen molar-refractivity contribution in [2.75, 3.05) is 0 Å². The fourth-order valence-electron chi connectivity index (χ4n) is 2.71. The van der Waals surface area contributed by atoms with Crippen molar-refractivity contribution < 1.29 is 4.74 Å². The Bertz CT molecular complexity index is 940. The first-order chi connectivity index (χ1) is 12.1. The molecule has 1 fully saturated rings. The number of rotatable bonds is 6. The third-order valence-corrected chi connectivity index (χ3v) is 4.49. The lowest BCUT2D eigenvalue weighted by molar-refractivity contribution is 0.303. The van der Waals surface area contributed by atoms with Crippen molar-refractivity contribution in [2.45, 2.75) is 38.5 Å². The molecular formula is C18H21N5O2. The predicted octanol–water partition coefficient (Wildman–Crippen LogP) is 1.82. The van der Waals surface area contributed by atoms with Crippen LogP contribution in [0.25, 0.3) is 5.65 Å². The quantitative estimate of drug-likeness (QED) is 0.741. The van der Waals surface area contributed by atoms with Crippen molar-refractivity contribution in [3.05, 3.63) is 58.4 Å². The minimum absolute atomic E-state index is 0.147. The maximum atomic E-state index is 12.0. The van der Waals surface area contributed by atoms with Crippen LogP contribution < -0.4 is 15.6 Å². The van der Waals surface area contributed by atoms with Crippen LogP contribution in [0.1, 0.15) is 37.2 Å². The Morgan fingerprint density at radius 1 is 1.24 bits per heavy atom. The molecule has 2 heterocycles. The molecule has 3 aromatic rings. The molecule has 0 saturated heterocycles. The molecule has 25 heavy (non-hydrogen) atoms. The van der Waals surface area contributed by atoms with Crippen LogP contribution in [0.2, 0.25) is 0 Å². The van der Waals surface area contributed by atoms with Gasteiger partial charge in [0, 0.05) is 25.5 Å². The molecule has 0 radical (unpaired) electrons. The second-order valence-corrected chi connectivity index (χ2v) is 6.51. The third-order valence-electron chi connectivity index (χ3n) is 4.49. The molecule has 7 nitrogen and oxygen atoms in total. The molecule has 0 aliphatic heterocycles. The van der Waals surface area contributed by atoms with Gasteiger partial charge in [0.05, 0.1) is 12.6 Å². The van der Waals surface area contributed by atoms with Crippen LogP contribution >= 0.6 is 0 Å². The summed E-state index contributed by atoms with van der Waals surface area (Å²) in [6, 6.07) is 8.33. The minimum Gasteiger partial charge on any atom is -0.490 e. The molecular weight excluding hydrogens is 318 g/mol. The number of ether oxygens (including phenoxy) is 1. The highest BCUT2D eigenvalue weighted by atomic mass is 16.5.